The van der Waals surface area contributed by atoms with Crippen LogP contribution in [0.25, 0.3) is 0 Å². The van der Waals surface area contributed by atoms with Gasteiger partial charge in [-0.15, -0.1) is 0 Å². The van der Waals surface area contributed by atoms with E-state index in [0.29, 0.717) is 6.61 Å². The summed E-state index contributed by atoms with van der Waals surface area (Å²) in [5.41, 5.74) is 2.06. The number of hydrogen-bond acceptors (Lipinski definition) is 2. The number of nitrogens with zero attached hydrogens (tertiary/aromatic N) is 2. The molecule has 0 aliphatic carbocycles. The molecule has 0 N–H and O–H groups in total. The van der Waals surface area contributed by atoms with E-state index < -0.39 is 0 Å². The van der Waals surface area contributed by atoms with Gasteiger partial charge in [-0.1, -0.05) is 15.9 Å². The van der Waals surface area contributed by atoms with Gasteiger partial charge in [-0.05, 0) is 54.0 Å². The molecule has 0 radical (unpaired) electrons. The molecule has 1 heterocycles. The van der Waals surface area contributed by atoms with Gasteiger partial charge in [0.15, 0.2) is 0 Å². The van der Waals surface area contributed by atoms with E-state index in [1.54, 1.807) is 0 Å². The van der Waals surface area contributed by atoms with Gasteiger partial charge in [0.25, 0.3) is 0 Å². The average Bonchev–Trinajstić information content (AvgIpc) is 2.65. The molecule has 0 unspecified atom stereocenters. The highest BCUT2D eigenvalue weighted by Crippen LogP contribution is 2.23. The molecule has 2 rings (SSSR count). The van der Waals surface area contributed by atoms with Crippen LogP contribution < -0.4 is 4.74 Å². The van der Waals surface area contributed by atoms with Crippen molar-refractivity contribution in [3.63, 3.8) is 0 Å². The SMILES string of the molecule is CCn1nc(C)c(Br)c1COc1ccc(Br)cc1. The van der Waals surface area contributed by atoms with Gasteiger partial charge in [0.1, 0.15) is 12.4 Å². The number of aromatic nitrogens is 2. The second-order valence-corrected chi connectivity index (χ2v) is 5.61. The van der Waals surface area contributed by atoms with Crippen LogP contribution in [-0.4, -0.2) is 9.78 Å². The van der Waals surface area contributed by atoms with Crippen LogP contribution in [0.1, 0.15) is 18.3 Å². The van der Waals surface area contributed by atoms with Gasteiger partial charge in [0, 0.05) is 11.0 Å². The third-order valence-corrected chi connectivity index (χ3v) is 4.20. The fourth-order valence-electron chi connectivity index (χ4n) is 1.69. The Labute approximate surface area is 123 Å². The Kier molecular flexibility index (Phi) is 4.45. The summed E-state index contributed by atoms with van der Waals surface area (Å²) in [5.74, 6) is 0.853. The van der Waals surface area contributed by atoms with Crippen molar-refractivity contribution in [3.05, 3.63) is 44.6 Å². The standard InChI is InChI=1S/C13H14Br2N2O/c1-3-17-12(13(15)9(2)16-17)8-18-11-6-4-10(14)5-7-11/h4-7H,3,8H2,1-2H3. The Morgan fingerprint density at radius 2 is 1.89 bits per heavy atom. The lowest BCUT2D eigenvalue weighted by molar-refractivity contribution is 0.291. The molecule has 96 valence electrons. The maximum Gasteiger partial charge on any atom is 0.131 e. The van der Waals surface area contributed by atoms with Gasteiger partial charge < -0.3 is 4.74 Å². The van der Waals surface area contributed by atoms with Crippen molar-refractivity contribution in [2.75, 3.05) is 0 Å². The molecule has 0 atom stereocenters. The molecule has 0 spiro atoms. The predicted octanol–water partition coefficient (Wildman–Crippen LogP) is 4.32. The smallest absolute Gasteiger partial charge is 0.131 e. The molecule has 1 aromatic heterocycles. The Morgan fingerprint density at radius 1 is 1.22 bits per heavy atom. The normalized spacial score (nSPS) is 10.7. The molecule has 0 bridgehead atoms. The first-order valence-corrected chi connectivity index (χ1v) is 7.30. The minimum absolute atomic E-state index is 0.511. The first kappa shape index (κ1) is 13.6. The Hall–Kier alpha value is -0.810. The highest BCUT2D eigenvalue weighted by molar-refractivity contribution is 9.10. The van der Waals surface area contributed by atoms with Crippen molar-refractivity contribution in [2.24, 2.45) is 0 Å². The molecular formula is C13H14Br2N2O. The zero-order chi connectivity index (χ0) is 13.1. The third-order valence-electron chi connectivity index (χ3n) is 2.64. The first-order chi connectivity index (χ1) is 8.61. The molecule has 0 aliphatic heterocycles. The molecule has 0 amide bonds. The van der Waals surface area contributed by atoms with Crippen LogP contribution in [-0.2, 0) is 13.2 Å². The number of ether oxygens (including phenoxy) is 1. The maximum absolute atomic E-state index is 5.77. The number of benzene rings is 1. The Balaban J connectivity index is 2.12. The Bertz CT molecular complexity index is 535. The van der Waals surface area contributed by atoms with Gasteiger partial charge in [0.05, 0.1) is 15.9 Å². The van der Waals surface area contributed by atoms with Crippen molar-refractivity contribution in [2.45, 2.75) is 27.0 Å². The van der Waals surface area contributed by atoms with E-state index in [1.165, 1.54) is 0 Å². The van der Waals surface area contributed by atoms with Gasteiger partial charge in [-0.2, -0.15) is 5.10 Å². The number of hydrogen-bond donors (Lipinski definition) is 0. The number of aryl methyl sites for hydroxylation is 2. The summed E-state index contributed by atoms with van der Waals surface area (Å²) >= 11 is 6.96. The summed E-state index contributed by atoms with van der Waals surface area (Å²) in [5, 5.41) is 4.44. The van der Waals surface area contributed by atoms with E-state index >= 15 is 0 Å². The van der Waals surface area contributed by atoms with Gasteiger partial charge >= 0.3 is 0 Å². The van der Waals surface area contributed by atoms with E-state index in [0.717, 1.165) is 32.6 Å². The van der Waals surface area contributed by atoms with Crippen LogP contribution in [0, 0.1) is 6.92 Å². The molecule has 0 aliphatic rings. The van der Waals surface area contributed by atoms with Crippen molar-refractivity contribution >= 4 is 31.9 Å². The highest BCUT2D eigenvalue weighted by atomic mass is 79.9. The quantitative estimate of drug-likeness (QED) is 0.798. The van der Waals surface area contributed by atoms with Crippen LogP contribution in [0.4, 0.5) is 0 Å². The molecule has 18 heavy (non-hydrogen) atoms. The lowest BCUT2D eigenvalue weighted by Crippen LogP contribution is -2.06. The van der Waals surface area contributed by atoms with Crippen molar-refractivity contribution < 1.29 is 4.74 Å². The summed E-state index contributed by atoms with van der Waals surface area (Å²) in [7, 11) is 0. The average molecular weight is 374 g/mol. The fourth-order valence-corrected chi connectivity index (χ4v) is 2.35. The van der Waals surface area contributed by atoms with Crippen molar-refractivity contribution in [1.29, 1.82) is 0 Å². The number of halogens is 2. The van der Waals surface area contributed by atoms with Gasteiger partial charge in [-0.25, -0.2) is 0 Å². The molecule has 1 aromatic carbocycles. The largest absolute Gasteiger partial charge is 0.487 e. The summed E-state index contributed by atoms with van der Waals surface area (Å²) in [6.07, 6.45) is 0. The van der Waals surface area contributed by atoms with Crippen LogP contribution in [0.15, 0.2) is 33.2 Å². The van der Waals surface area contributed by atoms with Crippen LogP contribution in [0.5, 0.6) is 5.75 Å². The molecule has 0 fully saturated rings. The van der Waals surface area contributed by atoms with Crippen molar-refractivity contribution in [1.82, 2.24) is 9.78 Å². The molecule has 5 heteroatoms. The zero-order valence-electron chi connectivity index (χ0n) is 10.3. The minimum Gasteiger partial charge on any atom is -0.487 e. The molecule has 0 saturated heterocycles. The summed E-state index contributed by atoms with van der Waals surface area (Å²) in [4.78, 5) is 0. The predicted molar refractivity (Wildman–Crippen MR) is 78.8 cm³/mol. The molecule has 2 aromatic rings. The van der Waals surface area contributed by atoms with E-state index in [2.05, 4.69) is 43.9 Å². The van der Waals surface area contributed by atoms with Crippen molar-refractivity contribution in [3.8, 4) is 5.75 Å². The summed E-state index contributed by atoms with van der Waals surface area (Å²) in [6, 6.07) is 7.81. The molecule has 0 saturated carbocycles. The van der Waals surface area contributed by atoms with Gasteiger partial charge in [0.2, 0.25) is 0 Å². The third kappa shape index (κ3) is 2.95. The molecular weight excluding hydrogens is 360 g/mol. The zero-order valence-corrected chi connectivity index (χ0v) is 13.5. The second kappa shape index (κ2) is 5.89. The van der Waals surface area contributed by atoms with Crippen LogP contribution in [0.3, 0.4) is 0 Å². The lowest BCUT2D eigenvalue weighted by atomic mass is 10.3. The van der Waals surface area contributed by atoms with Gasteiger partial charge in [-0.3, -0.25) is 4.68 Å². The number of rotatable bonds is 4. The van der Waals surface area contributed by atoms with E-state index in [-0.39, 0.29) is 0 Å². The van der Waals surface area contributed by atoms with E-state index in [1.807, 2.05) is 35.9 Å². The first-order valence-electron chi connectivity index (χ1n) is 5.72. The van der Waals surface area contributed by atoms with E-state index in [4.69, 9.17) is 4.74 Å². The van der Waals surface area contributed by atoms with Crippen LogP contribution in [0.2, 0.25) is 0 Å². The minimum atomic E-state index is 0.511. The Morgan fingerprint density at radius 3 is 2.50 bits per heavy atom. The van der Waals surface area contributed by atoms with E-state index in [9.17, 15) is 0 Å². The summed E-state index contributed by atoms with van der Waals surface area (Å²) < 4.78 is 9.80. The summed E-state index contributed by atoms with van der Waals surface area (Å²) in [6.45, 7) is 5.41. The highest BCUT2D eigenvalue weighted by Gasteiger charge is 2.12. The maximum atomic E-state index is 5.77. The lowest BCUT2D eigenvalue weighted by Gasteiger charge is -2.08. The topological polar surface area (TPSA) is 27.1 Å². The van der Waals surface area contributed by atoms with Crippen LogP contribution >= 0.6 is 31.9 Å². The monoisotopic (exact) mass is 372 g/mol. The fraction of sp³-hybridized carbons (Fsp3) is 0.308. The second-order valence-electron chi connectivity index (χ2n) is 3.90. The molecule has 3 nitrogen and oxygen atoms in total.